The molecule has 2 atom stereocenters. The fourth-order valence-corrected chi connectivity index (χ4v) is 3.63. The highest BCUT2D eigenvalue weighted by Gasteiger charge is 2.25. The summed E-state index contributed by atoms with van der Waals surface area (Å²) in [7, 11) is 0. The molecular weight excluding hydrogens is 314 g/mol. The van der Waals surface area contributed by atoms with Crippen molar-refractivity contribution in [1.82, 2.24) is 5.32 Å². The second-order valence-electron chi connectivity index (χ2n) is 4.60. The summed E-state index contributed by atoms with van der Waals surface area (Å²) >= 11 is 5.18. The van der Waals surface area contributed by atoms with Gasteiger partial charge in [0, 0.05) is 17.9 Å². The van der Waals surface area contributed by atoms with E-state index in [9.17, 15) is 4.79 Å². The summed E-state index contributed by atoms with van der Waals surface area (Å²) in [4.78, 5) is 13.1. The maximum atomic E-state index is 11.8. The summed E-state index contributed by atoms with van der Waals surface area (Å²) < 4.78 is 6.58. The van der Waals surface area contributed by atoms with Crippen molar-refractivity contribution in [1.29, 1.82) is 0 Å². The number of hydrogen-bond acceptors (Lipinski definition) is 3. The van der Waals surface area contributed by atoms with Crippen LogP contribution in [0, 0.1) is 0 Å². The molecule has 3 nitrogen and oxygen atoms in total. The predicted octanol–water partition coefficient (Wildman–Crippen LogP) is 3.13. The number of carbonyl (C=O) groups is 1. The average molecular weight is 332 g/mol. The van der Waals surface area contributed by atoms with Crippen LogP contribution >= 0.6 is 27.3 Å². The Hall–Kier alpha value is -0.390. The van der Waals surface area contributed by atoms with Crippen LogP contribution in [-0.4, -0.2) is 24.7 Å². The summed E-state index contributed by atoms with van der Waals surface area (Å²) in [6, 6.07) is 4.37. The summed E-state index contributed by atoms with van der Waals surface area (Å²) in [6.45, 7) is 2.77. The van der Waals surface area contributed by atoms with E-state index in [0.29, 0.717) is 6.42 Å². The molecule has 0 saturated carbocycles. The lowest BCUT2D eigenvalue weighted by molar-refractivity contribution is -0.122. The van der Waals surface area contributed by atoms with Gasteiger partial charge in [0.15, 0.2) is 0 Å². The monoisotopic (exact) mass is 331 g/mol. The minimum absolute atomic E-state index is 0.146. The van der Waals surface area contributed by atoms with Gasteiger partial charge in [0.2, 0.25) is 5.91 Å². The fourth-order valence-electron chi connectivity index (χ4n) is 2.11. The Labute approximate surface area is 120 Å². The van der Waals surface area contributed by atoms with Gasteiger partial charge in [-0.1, -0.05) is 0 Å². The Kier molecular flexibility index (Phi) is 5.21. The number of aryl methyl sites for hydroxylation is 1. The lowest BCUT2D eigenvalue weighted by Gasteiger charge is -2.15. The molecule has 0 unspecified atom stereocenters. The van der Waals surface area contributed by atoms with Gasteiger partial charge in [0.1, 0.15) is 0 Å². The number of nitrogens with one attached hydrogen (secondary N) is 1. The minimum atomic E-state index is 0.146. The van der Waals surface area contributed by atoms with E-state index in [4.69, 9.17) is 4.74 Å². The number of halogens is 1. The van der Waals surface area contributed by atoms with Crippen LogP contribution in [0.25, 0.3) is 0 Å². The first-order chi connectivity index (χ1) is 8.65. The summed E-state index contributed by atoms with van der Waals surface area (Å²) in [5.41, 5.74) is 0. The van der Waals surface area contributed by atoms with Crippen molar-refractivity contribution in [2.45, 2.75) is 44.8 Å². The molecule has 18 heavy (non-hydrogen) atoms. The van der Waals surface area contributed by atoms with Gasteiger partial charge in [0.05, 0.1) is 15.9 Å². The first-order valence-corrected chi connectivity index (χ1v) is 7.91. The second-order valence-corrected chi connectivity index (χ2v) is 7.15. The standard InChI is InChI=1S/C13H18BrNO2S/c1-9-11(7-8-17-9)15-13(16)4-2-3-10-5-6-12(14)18-10/h5-6,9,11H,2-4,7-8H2,1H3,(H,15,16)/t9-,11-/m1/s1. The largest absolute Gasteiger partial charge is 0.376 e. The summed E-state index contributed by atoms with van der Waals surface area (Å²) in [6.07, 6.45) is 3.56. The van der Waals surface area contributed by atoms with Gasteiger partial charge in [-0.3, -0.25) is 4.79 Å². The van der Waals surface area contributed by atoms with Crippen molar-refractivity contribution in [2.75, 3.05) is 6.61 Å². The van der Waals surface area contributed by atoms with E-state index in [1.165, 1.54) is 4.88 Å². The zero-order valence-corrected chi connectivity index (χ0v) is 12.9. The van der Waals surface area contributed by atoms with Crippen molar-refractivity contribution in [3.8, 4) is 0 Å². The molecule has 100 valence electrons. The summed E-state index contributed by atoms with van der Waals surface area (Å²) in [5.74, 6) is 0.146. The maximum Gasteiger partial charge on any atom is 0.220 e. The molecule has 0 bridgehead atoms. The number of rotatable bonds is 5. The Morgan fingerprint density at radius 2 is 2.44 bits per heavy atom. The van der Waals surface area contributed by atoms with Crippen molar-refractivity contribution in [3.05, 3.63) is 20.8 Å². The highest BCUT2D eigenvalue weighted by Crippen LogP contribution is 2.23. The molecule has 1 aromatic rings. The van der Waals surface area contributed by atoms with Crippen LogP contribution < -0.4 is 5.32 Å². The van der Waals surface area contributed by atoms with Crippen LogP contribution in [0.15, 0.2) is 15.9 Å². The lowest BCUT2D eigenvalue weighted by atomic mass is 10.1. The van der Waals surface area contributed by atoms with Crippen molar-refractivity contribution >= 4 is 33.2 Å². The average Bonchev–Trinajstić information content (AvgIpc) is 2.89. The smallest absolute Gasteiger partial charge is 0.220 e. The molecule has 1 amide bonds. The molecule has 1 aliphatic heterocycles. The van der Waals surface area contributed by atoms with Crippen LogP contribution in [0.2, 0.25) is 0 Å². The van der Waals surface area contributed by atoms with Crippen molar-refractivity contribution < 1.29 is 9.53 Å². The molecule has 1 N–H and O–H groups in total. The Morgan fingerprint density at radius 1 is 1.61 bits per heavy atom. The first kappa shape index (κ1) is 14.0. The molecule has 0 radical (unpaired) electrons. The quantitative estimate of drug-likeness (QED) is 0.900. The van der Waals surface area contributed by atoms with E-state index < -0.39 is 0 Å². The third kappa shape index (κ3) is 4.07. The van der Waals surface area contributed by atoms with Crippen LogP contribution in [-0.2, 0) is 16.0 Å². The Balaban J connectivity index is 1.65. The fraction of sp³-hybridized carbons (Fsp3) is 0.615. The van der Waals surface area contributed by atoms with Gasteiger partial charge in [-0.15, -0.1) is 11.3 Å². The van der Waals surface area contributed by atoms with E-state index in [1.54, 1.807) is 11.3 Å². The van der Waals surface area contributed by atoms with Crippen LogP contribution in [0.3, 0.4) is 0 Å². The van der Waals surface area contributed by atoms with Crippen LogP contribution in [0.4, 0.5) is 0 Å². The van der Waals surface area contributed by atoms with Crippen molar-refractivity contribution in [2.24, 2.45) is 0 Å². The number of thiophene rings is 1. The molecule has 0 aliphatic carbocycles. The highest BCUT2D eigenvalue weighted by atomic mass is 79.9. The van der Waals surface area contributed by atoms with E-state index in [-0.39, 0.29) is 18.1 Å². The van der Waals surface area contributed by atoms with Gasteiger partial charge in [-0.05, 0) is 54.2 Å². The molecule has 1 aromatic heterocycles. The number of amides is 1. The SMILES string of the molecule is C[C@H]1OCC[C@H]1NC(=O)CCCc1ccc(Br)s1. The first-order valence-electron chi connectivity index (χ1n) is 6.30. The van der Waals surface area contributed by atoms with E-state index in [0.717, 1.165) is 29.7 Å². The van der Waals surface area contributed by atoms with E-state index in [2.05, 4.69) is 33.4 Å². The van der Waals surface area contributed by atoms with E-state index in [1.807, 2.05) is 6.92 Å². The van der Waals surface area contributed by atoms with Gasteiger partial charge in [0.25, 0.3) is 0 Å². The van der Waals surface area contributed by atoms with Gasteiger partial charge < -0.3 is 10.1 Å². The van der Waals surface area contributed by atoms with Gasteiger partial charge >= 0.3 is 0 Å². The molecule has 0 spiro atoms. The third-order valence-corrected chi connectivity index (χ3v) is 4.86. The van der Waals surface area contributed by atoms with Gasteiger partial charge in [-0.25, -0.2) is 0 Å². The number of hydrogen-bond donors (Lipinski definition) is 1. The third-order valence-electron chi connectivity index (χ3n) is 3.18. The van der Waals surface area contributed by atoms with Crippen LogP contribution in [0.5, 0.6) is 0 Å². The Morgan fingerprint density at radius 3 is 3.06 bits per heavy atom. The van der Waals surface area contributed by atoms with E-state index >= 15 is 0 Å². The highest BCUT2D eigenvalue weighted by molar-refractivity contribution is 9.11. The molecule has 2 heterocycles. The minimum Gasteiger partial charge on any atom is -0.376 e. The van der Waals surface area contributed by atoms with Gasteiger partial charge in [-0.2, -0.15) is 0 Å². The lowest BCUT2D eigenvalue weighted by Crippen LogP contribution is -2.39. The topological polar surface area (TPSA) is 38.3 Å². The molecule has 0 aromatic carbocycles. The molecule has 1 fully saturated rings. The maximum absolute atomic E-state index is 11.8. The molecule has 2 rings (SSSR count). The normalized spacial score (nSPS) is 23.2. The van der Waals surface area contributed by atoms with Crippen LogP contribution in [0.1, 0.15) is 31.1 Å². The zero-order valence-electron chi connectivity index (χ0n) is 10.4. The molecule has 1 aliphatic rings. The molecule has 1 saturated heterocycles. The molecule has 5 heteroatoms. The zero-order chi connectivity index (χ0) is 13.0. The predicted molar refractivity (Wildman–Crippen MR) is 76.9 cm³/mol. The summed E-state index contributed by atoms with van der Waals surface area (Å²) in [5, 5.41) is 3.05. The van der Waals surface area contributed by atoms with Crippen molar-refractivity contribution in [3.63, 3.8) is 0 Å². The molecular formula is C13H18BrNO2S. The number of ether oxygens (including phenoxy) is 1. The Bertz CT molecular complexity index is 407. The number of carbonyl (C=O) groups excluding carboxylic acids is 1. The second kappa shape index (κ2) is 6.68.